The predicted molar refractivity (Wildman–Crippen MR) is 193 cm³/mol. The van der Waals surface area contributed by atoms with Gasteiger partial charge in [-0.1, -0.05) is 48.5 Å². The van der Waals surface area contributed by atoms with E-state index in [-0.39, 0.29) is 31.2 Å². The number of ether oxygens (including phenoxy) is 4. The summed E-state index contributed by atoms with van der Waals surface area (Å²) in [5.41, 5.74) is 4.22. The third kappa shape index (κ3) is 8.88. The van der Waals surface area contributed by atoms with E-state index in [2.05, 4.69) is 10.6 Å². The number of thioether (sulfide) groups is 1. The topological polar surface area (TPSA) is 153 Å². The number of alkyl carbamates (subject to hydrolysis) is 2. The molecule has 2 aliphatic rings. The normalized spacial score (nSPS) is 17.2. The molecule has 1 aliphatic carbocycles. The molecule has 1 aliphatic heterocycles. The van der Waals surface area contributed by atoms with Crippen LogP contribution < -0.4 is 20.1 Å². The zero-order valence-electron chi connectivity index (χ0n) is 29.5. The molecule has 3 aromatic carbocycles. The molecule has 1 heterocycles. The van der Waals surface area contributed by atoms with Crippen molar-refractivity contribution in [2.24, 2.45) is 0 Å². The summed E-state index contributed by atoms with van der Waals surface area (Å²) in [5, 5.41) is 14.9. The number of hydrogen-bond donors (Lipinski definition) is 3. The third-order valence-electron chi connectivity index (χ3n) is 8.77. The van der Waals surface area contributed by atoms with Crippen LogP contribution in [-0.4, -0.2) is 84.9 Å². The van der Waals surface area contributed by atoms with Gasteiger partial charge in [0.25, 0.3) is 0 Å². The Hall–Kier alpha value is -4.91. The highest BCUT2D eigenvalue weighted by molar-refractivity contribution is 7.99. The fraction of sp³-hybridized carbons (Fsp3) is 0.421. The zero-order valence-corrected chi connectivity index (χ0v) is 30.3. The minimum atomic E-state index is -1.16. The van der Waals surface area contributed by atoms with Gasteiger partial charge < -0.3 is 39.6 Å². The van der Waals surface area contributed by atoms with Crippen LogP contribution in [0.15, 0.2) is 66.7 Å². The lowest BCUT2D eigenvalue weighted by molar-refractivity contribution is -0.150. The molecule has 0 saturated carbocycles. The van der Waals surface area contributed by atoms with E-state index in [1.807, 2.05) is 48.5 Å². The first kappa shape index (κ1) is 37.3. The van der Waals surface area contributed by atoms with Gasteiger partial charge in [-0.3, -0.25) is 4.79 Å². The first-order chi connectivity index (χ1) is 24.4. The molecule has 5 rings (SSSR count). The number of benzene rings is 3. The molecule has 0 unspecified atom stereocenters. The number of amides is 3. The number of carbonyl (C=O) groups excluding carboxylic acids is 3. The second-order valence-electron chi connectivity index (χ2n) is 13.3. The van der Waals surface area contributed by atoms with Crippen molar-refractivity contribution in [2.45, 2.75) is 69.0 Å². The maximum absolute atomic E-state index is 14.4. The molecule has 1 saturated heterocycles. The van der Waals surface area contributed by atoms with Crippen molar-refractivity contribution in [3.63, 3.8) is 0 Å². The molecule has 0 spiro atoms. The Morgan fingerprint density at radius 1 is 0.902 bits per heavy atom. The van der Waals surface area contributed by atoms with Gasteiger partial charge >= 0.3 is 18.2 Å². The van der Waals surface area contributed by atoms with Crippen molar-refractivity contribution in [2.75, 3.05) is 33.1 Å². The van der Waals surface area contributed by atoms with E-state index in [9.17, 15) is 24.3 Å². The van der Waals surface area contributed by atoms with Crippen LogP contribution in [0.3, 0.4) is 0 Å². The maximum atomic E-state index is 14.4. The van der Waals surface area contributed by atoms with Gasteiger partial charge in [-0.05, 0) is 74.4 Å². The van der Waals surface area contributed by atoms with Crippen LogP contribution in [0, 0.1) is 0 Å². The van der Waals surface area contributed by atoms with E-state index in [0.717, 1.165) is 22.3 Å². The largest absolute Gasteiger partial charge is 0.497 e. The van der Waals surface area contributed by atoms with E-state index in [1.54, 1.807) is 39.0 Å². The minimum absolute atomic E-state index is 0.0452. The molecule has 3 N–H and O–H groups in total. The summed E-state index contributed by atoms with van der Waals surface area (Å²) in [7, 11) is 3.02. The number of unbranched alkanes of at least 4 members (excludes halogenated alkanes) is 1. The number of aliphatic carboxylic acids is 1. The lowest BCUT2D eigenvalue weighted by atomic mass is 9.98. The number of carbonyl (C=O) groups is 4. The molecule has 13 heteroatoms. The van der Waals surface area contributed by atoms with Crippen molar-refractivity contribution >= 4 is 35.8 Å². The molecule has 0 bridgehead atoms. The second-order valence-corrected chi connectivity index (χ2v) is 14.5. The van der Waals surface area contributed by atoms with Crippen LogP contribution in [0.1, 0.15) is 68.0 Å². The van der Waals surface area contributed by atoms with Gasteiger partial charge in [0.2, 0.25) is 5.91 Å². The summed E-state index contributed by atoms with van der Waals surface area (Å²) >= 11 is 1.30. The standard InChI is InChI=1S/C38H45N3O9S/c1-38(2,3)50-36(45)39-19-11-10-16-30(40-37(46)49-21-29-26-14-8-6-12-24(26)25-13-7-9-15-27(25)29)33(42)41-31(35(43)44)22-51-34(41)28-18-17-23(47-4)20-32(28)48-5/h6-9,12-15,17-18,20,29-31,34H,10-11,16,19,21-22H2,1-5H3,(H,39,45)(H,40,46)(H,43,44)/t30-,31-,34+/m0/s1. The number of hydrogen-bond acceptors (Lipinski definition) is 9. The Morgan fingerprint density at radius 2 is 1.57 bits per heavy atom. The Balaban J connectivity index is 1.34. The number of nitrogens with one attached hydrogen (secondary N) is 2. The van der Waals surface area contributed by atoms with Gasteiger partial charge in [0.05, 0.1) is 14.2 Å². The van der Waals surface area contributed by atoms with Crippen molar-refractivity contribution in [3.8, 4) is 22.6 Å². The van der Waals surface area contributed by atoms with Crippen molar-refractivity contribution < 1.29 is 43.2 Å². The molecule has 272 valence electrons. The number of fused-ring (bicyclic) bond motifs is 3. The smallest absolute Gasteiger partial charge is 0.407 e. The number of methoxy groups -OCH3 is 2. The summed E-state index contributed by atoms with van der Waals surface area (Å²) in [4.78, 5) is 53.8. The van der Waals surface area contributed by atoms with Gasteiger partial charge in [-0.25, -0.2) is 14.4 Å². The highest BCUT2D eigenvalue weighted by Gasteiger charge is 2.45. The van der Waals surface area contributed by atoms with Crippen molar-refractivity contribution in [1.29, 1.82) is 0 Å². The molecule has 3 amide bonds. The highest BCUT2D eigenvalue weighted by atomic mass is 32.2. The van der Waals surface area contributed by atoms with Gasteiger partial charge in [0.15, 0.2) is 0 Å². The zero-order chi connectivity index (χ0) is 36.7. The lowest BCUT2D eigenvalue weighted by Gasteiger charge is -2.32. The molecular weight excluding hydrogens is 674 g/mol. The molecular formula is C38H45N3O9S. The number of carboxylic acid groups (broad SMARTS) is 1. The SMILES string of the molecule is COc1ccc([C@H]2SC[C@@H](C(=O)O)N2C(=O)[C@H](CCCCNC(=O)OC(C)(C)C)NC(=O)OCC2c3ccccc3-c3ccccc32)c(OC)c1. The van der Waals surface area contributed by atoms with E-state index in [4.69, 9.17) is 18.9 Å². The monoisotopic (exact) mass is 719 g/mol. The maximum Gasteiger partial charge on any atom is 0.407 e. The fourth-order valence-corrected chi connectivity index (χ4v) is 7.88. The molecule has 12 nitrogen and oxygen atoms in total. The summed E-state index contributed by atoms with van der Waals surface area (Å²) in [6.07, 6.45) is -0.284. The van der Waals surface area contributed by atoms with E-state index in [1.165, 1.54) is 30.9 Å². The van der Waals surface area contributed by atoms with E-state index >= 15 is 0 Å². The molecule has 51 heavy (non-hydrogen) atoms. The molecule has 0 aromatic heterocycles. The quantitative estimate of drug-likeness (QED) is 0.171. The van der Waals surface area contributed by atoms with Crippen LogP contribution in [0.25, 0.3) is 11.1 Å². The average molecular weight is 720 g/mol. The van der Waals surface area contributed by atoms with Crippen LogP contribution >= 0.6 is 11.8 Å². The van der Waals surface area contributed by atoms with E-state index < -0.39 is 47.1 Å². The van der Waals surface area contributed by atoms with Crippen LogP contribution in [-0.2, 0) is 19.1 Å². The molecule has 3 aromatic rings. The Bertz CT molecular complexity index is 1700. The molecule has 3 atom stereocenters. The van der Waals surface area contributed by atoms with Crippen LogP contribution in [0.4, 0.5) is 9.59 Å². The van der Waals surface area contributed by atoms with Gasteiger partial charge in [0, 0.05) is 29.8 Å². The van der Waals surface area contributed by atoms with Crippen LogP contribution in [0.2, 0.25) is 0 Å². The summed E-state index contributed by atoms with van der Waals surface area (Å²) in [6, 6.07) is 18.8. The van der Waals surface area contributed by atoms with Crippen LogP contribution in [0.5, 0.6) is 11.5 Å². The highest BCUT2D eigenvalue weighted by Crippen LogP contribution is 2.46. The first-order valence-electron chi connectivity index (χ1n) is 16.9. The lowest BCUT2D eigenvalue weighted by Crippen LogP contribution is -2.53. The predicted octanol–water partition coefficient (Wildman–Crippen LogP) is 6.33. The van der Waals surface area contributed by atoms with Gasteiger partial charge in [0.1, 0.15) is 41.2 Å². The van der Waals surface area contributed by atoms with Crippen molar-refractivity contribution in [1.82, 2.24) is 15.5 Å². The number of nitrogens with zero attached hydrogens (tertiary/aromatic N) is 1. The Morgan fingerprint density at radius 3 is 2.18 bits per heavy atom. The molecule has 1 fully saturated rings. The summed E-state index contributed by atoms with van der Waals surface area (Å²) in [5.74, 6) is -0.796. The number of carboxylic acids is 1. The van der Waals surface area contributed by atoms with Gasteiger partial charge in [-0.15, -0.1) is 11.8 Å². The van der Waals surface area contributed by atoms with Gasteiger partial charge in [-0.2, -0.15) is 0 Å². The minimum Gasteiger partial charge on any atom is -0.497 e. The van der Waals surface area contributed by atoms with Crippen molar-refractivity contribution in [3.05, 3.63) is 83.4 Å². The Kier molecular flexibility index (Phi) is 12.0. The average Bonchev–Trinajstić information content (AvgIpc) is 3.69. The summed E-state index contributed by atoms with van der Waals surface area (Å²) < 4.78 is 22.0. The second kappa shape index (κ2) is 16.4. The Labute approximate surface area is 302 Å². The van der Waals surface area contributed by atoms with E-state index in [0.29, 0.717) is 29.9 Å². The first-order valence-corrected chi connectivity index (χ1v) is 17.9. The number of rotatable bonds is 13. The third-order valence-corrected chi connectivity index (χ3v) is 10.1. The molecule has 0 radical (unpaired) electrons. The summed E-state index contributed by atoms with van der Waals surface area (Å²) in [6.45, 7) is 5.64. The fourth-order valence-electron chi connectivity index (χ4n) is 6.43.